The lowest BCUT2D eigenvalue weighted by Gasteiger charge is -2.18. The molecule has 1 saturated heterocycles. The monoisotopic (exact) mass is 152 g/mol. The number of carbonyl (C=O) groups is 1. The standard InChI is InChI=1S/C9H12O2/c1-6-2-3-8-7(4-6)5-11-9(8)10/h2,7-8H,3-5H2,1H3/t7-,8-/m1/s1. The largest absolute Gasteiger partial charge is 0.465 e. The number of carbonyl (C=O) groups excluding carboxylic acids is 1. The number of fused-ring (bicyclic) bond motifs is 1. The molecule has 0 unspecified atom stereocenters. The molecule has 1 fully saturated rings. The summed E-state index contributed by atoms with van der Waals surface area (Å²) in [6.45, 7) is 2.77. The SMILES string of the molecule is CC1=CC[C@H]2C(=O)OC[C@H]2C1. The van der Waals surface area contributed by atoms with E-state index >= 15 is 0 Å². The van der Waals surface area contributed by atoms with Crippen molar-refractivity contribution in [3.8, 4) is 0 Å². The van der Waals surface area contributed by atoms with Crippen LogP contribution >= 0.6 is 0 Å². The maximum Gasteiger partial charge on any atom is 0.309 e. The van der Waals surface area contributed by atoms with Crippen molar-refractivity contribution < 1.29 is 9.53 Å². The van der Waals surface area contributed by atoms with Gasteiger partial charge in [-0.15, -0.1) is 0 Å². The van der Waals surface area contributed by atoms with Crippen molar-refractivity contribution in [2.75, 3.05) is 6.61 Å². The highest BCUT2D eigenvalue weighted by molar-refractivity contribution is 5.75. The van der Waals surface area contributed by atoms with Crippen molar-refractivity contribution in [3.05, 3.63) is 11.6 Å². The molecule has 0 aromatic heterocycles. The zero-order valence-corrected chi connectivity index (χ0v) is 6.67. The molecule has 0 radical (unpaired) electrons. The number of ether oxygens (including phenoxy) is 1. The molecule has 11 heavy (non-hydrogen) atoms. The van der Waals surface area contributed by atoms with Crippen molar-refractivity contribution >= 4 is 5.97 Å². The normalized spacial score (nSPS) is 36.1. The topological polar surface area (TPSA) is 26.3 Å². The lowest BCUT2D eigenvalue weighted by Crippen LogP contribution is -2.18. The summed E-state index contributed by atoms with van der Waals surface area (Å²) in [5.74, 6) is 0.671. The first kappa shape index (κ1) is 6.89. The lowest BCUT2D eigenvalue weighted by atomic mass is 9.82. The van der Waals surface area contributed by atoms with Gasteiger partial charge in [-0.05, 0) is 19.8 Å². The molecule has 2 rings (SSSR count). The van der Waals surface area contributed by atoms with Gasteiger partial charge < -0.3 is 4.74 Å². The van der Waals surface area contributed by atoms with E-state index in [1.54, 1.807) is 0 Å². The van der Waals surface area contributed by atoms with Gasteiger partial charge in [0.15, 0.2) is 0 Å². The second kappa shape index (κ2) is 2.36. The van der Waals surface area contributed by atoms with E-state index in [2.05, 4.69) is 13.0 Å². The molecule has 2 nitrogen and oxygen atoms in total. The molecule has 2 atom stereocenters. The predicted octanol–water partition coefficient (Wildman–Crippen LogP) is 1.52. The highest BCUT2D eigenvalue weighted by Crippen LogP contribution is 2.34. The molecule has 0 spiro atoms. The van der Waals surface area contributed by atoms with Gasteiger partial charge >= 0.3 is 5.97 Å². The Morgan fingerprint density at radius 1 is 1.64 bits per heavy atom. The summed E-state index contributed by atoms with van der Waals surface area (Å²) in [6.07, 6.45) is 4.11. The molecule has 1 aliphatic heterocycles. The predicted molar refractivity (Wildman–Crippen MR) is 40.9 cm³/mol. The molecule has 2 aliphatic rings. The van der Waals surface area contributed by atoms with E-state index in [-0.39, 0.29) is 11.9 Å². The Hall–Kier alpha value is -0.790. The Labute approximate surface area is 66.2 Å². The molecular formula is C9H12O2. The van der Waals surface area contributed by atoms with Crippen LogP contribution in [0.1, 0.15) is 19.8 Å². The molecule has 0 amide bonds. The Bertz CT molecular complexity index is 218. The quantitative estimate of drug-likeness (QED) is 0.388. The number of hydrogen-bond acceptors (Lipinski definition) is 2. The van der Waals surface area contributed by atoms with Gasteiger partial charge in [-0.1, -0.05) is 11.6 Å². The minimum atomic E-state index is 0.0127. The summed E-state index contributed by atoms with van der Waals surface area (Å²) in [7, 11) is 0. The number of hydrogen-bond donors (Lipinski definition) is 0. The molecule has 60 valence electrons. The fraction of sp³-hybridized carbons (Fsp3) is 0.667. The molecule has 0 aromatic rings. The fourth-order valence-electron chi connectivity index (χ4n) is 1.92. The van der Waals surface area contributed by atoms with Crippen molar-refractivity contribution in [1.29, 1.82) is 0 Å². The third kappa shape index (κ3) is 1.06. The number of esters is 1. The summed E-state index contributed by atoms with van der Waals surface area (Å²) in [6, 6.07) is 0. The van der Waals surface area contributed by atoms with E-state index in [0.717, 1.165) is 12.8 Å². The van der Waals surface area contributed by atoms with E-state index in [4.69, 9.17) is 4.74 Å². The van der Waals surface area contributed by atoms with E-state index in [0.29, 0.717) is 12.5 Å². The van der Waals surface area contributed by atoms with Gasteiger partial charge in [0.05, 0.1) is 12.5 Å². The van der Waals surface area contributed by atoms with Crippen LogP contribution in [0.2, 0.25) is 0 Å². The van der Waals surface area contributed by atoms with E-state index in [1.165, 1.54) is 5.57 Å². The Morgan fingerprint density at radius 2 is 2.45 bits per heavy atom. The van der Waals surface area contributed by atoms with Crippen molar-refractivity contribution in [3.63, 3.8) is 0 Å². The number of rotatable bonds is 0. The molecule has 1 heterocycles. The van der Waals surface area contributed by atoms with Crippen LogP contribution in [0.25, 0.3) is 0 Å². The number of allylic oxidation sites excluding steroid dienone is 2. The van der Waals surface area contributed by atoms with Crippen LogP contribution in [0.5, 0.6) is 0 Å². The van der Waals surface area contributed by atoms with Gasteiger partial charge in [0.1, 0.15) is 0 Å². The highest BCUT2D eigenvalue weighted by atomic mass is 16.5. The summed E-state index contributed by atoms with van der Waals surface area (Å²) in [5.41, 5.74) is 1.41. The zero-order valence-electron chi connectivity index (χ0n) is 6.67. The van der Waals surface area contributed by atoms with Crippen LogP contribution in [-0.2, 0) is 9.53 Å². The third-order valence-electron chi connectivity index (χ3n) is 2.62. The maximum absolute atomic E-state index is 11.1. The van der Waals surface area contributed by atoms with Gasteiger partial charge in [-0.2, -0.15) is 0 Å². The van der Waals surface area contributed by atoms with Crippen LogP contribution < -0.4 is 0 Å². The van der Waals surface area contributed by atoms with Gasteiger partial charge in [0.2, 0.25) is 0 Å². The van der Waals surface area contributed by atoms with Crippen LogP contribution in [0.15, 0.2) is 11.6 Å². The Morgan fingerprint density at radius 3 is 3.27 bits per heavy atom. The van der Waals surface area contributed by atoms with Gasteiger partial charge in [0.25, 0.3) is 0 Å². The van der Waals surface area contributed by atoms with Gasteiger partial charge in [-0.25, -0.2) is 0 Å². The average Bonchev–Trinajstić information content (AvgIpc) is 2.32. The van der Waals surface area contributed by atoms with E-state index in [1.807, 2.05) is 0 Å². The van der Waals surface area contributed by atoms with Crippen molar-refractivity contribution in [2.24, 2.45) is 11.8 Å². The minimum Gasteiger partial charge on any atom is -0.465 e. The third-order valence-corrected chi connectivity index (χ3v) is 2.62. The van der Waals surface area contributed by atoms with Crippen LogP contribution in [0.4, 0.5) is 0 Å². The van der Waals surface area contributed by atoms with Gasteiger partial charge in [0, 0.05) is 5.92 Å². The molecule has 2 heteroatoms. The van der Waals surface area contributed by atoms with Crippen molar-refractivity contribution in [2.45, 2.75) is 19.8 Å². The molecule has 0 N–H and O–H groups in total. The minimum absolute atomic E-state index is 0.0127. The highest BCUT2D eigenvalue weighted by Gasteiger charge is 2.37. The van der Waals surface area contributed by atoms with Crippen LogP contribution in [-0.4, -0.2) is 12.6 Å². The molecule has 0 saturated carbocycles. The Kier molecular flexibility index (Phi) is 1.48. The molecule has 0 bridgehead atoms. The maximum atomic E-state index is 11.1. The first-order valence-corrected chi connectivity index (χ1v) is 4.09. The lowest BCUT2D eigenvalue weighted by molar-refractivity contribution is -0.141. The van der Waals surface area contributed by atoms with Crippen LogP contribution in [0.3, 0.4) is 0 Å². The van der Waals surface area contributed by atoms with E-state index in [9.17, 15) is 4.79 Å². The summed E-state index contributed by atoms with van der Waals surface area (Å²) in [5, 5.41) is 0. The molecule has 0 aromatic carbocycles. The second-order valence-corrected chi connectivity index (χ2v) is 3.49. The first-order chi connectivity index (χ1) is 5.27. The molecule has 1 aliphatic carbocycles. The fourth-order valence-corrected chi connectivity index (χ4v) is 1.92. The average molecular weight is 152 g/mol. The second-order valence-electron chi connectivity index (χ2n) is 3.49. The smallest absolute Gasteiger partial charge is 0.309 e. The Balaban J connectivity index is 2.17. The zero-order chi connectivity index (χ0) is 7.84. The summed E-state index contributed by atoms with van der Waals surface area (Å²) >= 11 is 0. The van der Waals surface area contributed by atoms with Crippen molar-refractivity contribution in [1.82, 2.24) is 0 Å². The van der Waals surface area contributed by atoms with Crippen LogP contribution in [0, 0.1) is 11.8 Å². The van der Waals surface area contributed by atoms with E-state index < -0.39 is 0 Å². The number of cyclic esters (lactones) is 1. The van der Waals surface area contributed by atoms with Gasteiger partial charge in [-0.3, -0.25) is 4.79 Å². The summed E-state index contributed by atoms with van der Waals surface area (Å²) < 4.78 is 4.98. The summed E-state index contributed by atoms with van der Waals surface area (Å²) in [4.78, 5) is 11.1. The first-order valence-electron chi connectivity index (χ1n) is 4.09. The molecular weight excluding hydrogens is 140 g/mol.